The van der Waals surface area contributed by atoms with Crippen molar-refractivity contribution in [1.29, 1.82) is 0 Å². The Morgan fingerprint density at radius 1 is 2.00 bits per heavy atom. The van der Waals surface area contributed by atoms with Crippen LogP contribution < -0.4 is 0 Å². The molecule has 0 saturated heterocycles. The molecule has 5 heavy (non-hydrogen) atoms. The van der Waals surface area contributed by atoms with E-state index in [0.29, 0.717) is 0 Å². The van der Waals surface area contributed by atoms with Crippen LogP contribution in [0.15, 0.2) is 0 Å². The van der Waals surface area contributed by atoms with Crippen molar-refractivity contribution in [2.45, 2.75) is 0 Å². The predicted molar refractivity (Wildman–Crippen MR) is 23.7 cm³/mol. The molecule has 0 radical (unpaired) electrons. The quantitative estimate of drug-likeness (QED) is 0.469. The Bertz CT molecular complexity index is 44.9. The molecule has 28 valence electrons. The minimum atomic E-state index is -0.559. The summed E-state index contributed by atoms with van der Waals surface area (Å²) in [6, 6.07) is 0. The first-order valence-electron chi connectivity index (χ1n) is 1.18. The van der Waals surface area contributed by atoms with E-state index in [1.807, 2.05) is 0 Å². The molecule has 0 heterocycles. The van der Waals surface area contributed by atoms with E-state index in [-0.39, 0.29) is 0 Å². The summed E-state index contributed by atoms with van der Waals surface area (Å²) in [7, 11) is 0. The van der Waals surface area contributed by atoms with Crippen molar-refractivity contribution < 1.29 is 9.90 Å². The van der Waals surface area contributed by atoms with Gasteiger partial charge in [0.15, 0.2) is 0 Å². The molecule has 0 amide bonds. The number of carbonyl (C=O) groups is 1. The Kier molecular flexibility index (Phi) is 3.09. The summed E-state index contributed by atoms with van der Waals surface area (Å²) in [6.45, 7) is 0. The van der Waals surface area contributed by atoms with Crippen LogP contribution >= 0.6 is 0 Å². The van der Waals surface area contributed by atoms with Crippen LogP contribution in [0, 0.1) is 0 Å². The van der Waals surface area contributed by atoms with Crippen molar-refractivity contribution in [2.75, 3.05) is 0 Å². The molecule has 1 atom stereocenters. The molecule has 0 bridgehead atoms. The summed E-state index contributed by atoms with van der Waals surface area (Å²) in [5.41, 5.74) is 0. The number of carboxylic acid groups (broad SMARTS) is 1. The van der Waals surface area contributed by atoms with Gasteiger partial charge in [0.1, 0.15) is 0 Å². The van der Waals surface area contributed by atoms with E-state index in [2.05, 4.69) is 0 Å². The molecule has 0 aromatic rings. The van der Waals surface area contributed by atoms with E-state index in [9.17, 15) is 4.79 Å². The van der Waals surface area contributed by atoms with Gasteiger partial charge in [-0.1, -0.05) is 0 Å². The van der Waals surface area contributed by atoms with Gasteiger partial charge >= 0.3 is 42.7 Å². The monoisotopic (exact) mass is 150 g/mol. The minimum absolute atomic E-state index is 0.500. The van der Waals surface area contributed by atoms with Gasteiger partial charge in [-0.3, -0.25) is 0 Å². The van der Waals surface area contributed by atoms with Gasteiger partial charge in [0.2, 0.25) is 0 Å². The van der Waals surface area contributed by atoms with Crippen molar-refractivity contribution in [2.24, 2.45) is 0 Å². The van der Waals surface area contributed by atoms with Crippen LogP contribution in [-0.2, 0) is 0 Å². The molecule has 0 fully saturated rings. The van der Waals surface area contributed by atoms with Gasteiger partial charge in [-0.2, -0.15) is 0 Å². The van der Waals surface area contributed by atoms with Crippen molar-refractivity contribution in [3.05, 3.63) is 0 Å². The number of hydrogen-bond acceptors (Lipinski definition) is 1. The predicted octanol–water partition coefficient (Wildman–Crippen LogP) is -1.35. The molecule has 0 rings (SSSR count). The third kappa shape index (κ3) is 4.56. The second-order valence-electron chi connectivity index (χ2n) is 0.555. The van der Waals surface area contributed by atoms with Gasteiger partial charge in [-0.05, 0) is 0 Å². The summed E-state index contributed by atoms with van der Waals surface area (Å²) < 4.78 is -0.559. The Balaban J connectivity index is 2.85. The zero-order valence-corrected chi connectivity index (χ0v) is 6.95. The summed E-state index contributed by atoms with van der Waals surface area (Å²) in [4.78, 5) is 9.46. The van der Waals surface area contributed by atoms with Crippen molar-refractivity contribution >= 4 is 32.8 Å². The van der Waals surface area contributed by atoms with Crippen molar-refractivity contribution in [1.82, 2.24) is 0 Å². The summed E-state index contributed by atoms with van der Waals surface area (Å²) in [6.07, 6.45) is 0. The Morgan fingerprint density at radius 3 is 2.20 bits per heavy atom. The molecule has 0 aromatic heterocycles. The van der Waals surface area contributed by atoms with Gasteiger partial charge in [0.25, 0.3) is 0 Å². The van der Waals surface area contributed by atoms with Crippen LogP contribution in [0.2, 0.25) is 0 Å². The molecule has 0 spiro atoms. The van der Waals surface area contributed by atoms with Gasteiger partial charge in [-0.15, -0.1) is 0 Å². The van der Waals surface area contributed by atoms with E-state index in [4.69, 9.17) is 5.11 Å². The second kappa shape index (κ2) is 2.78. The van der Waals surface area contributed by atoms with Gasteiger partial charge in [-0.25, -0.2) is 0 Å². The van der Waals surface area contributed by atoms with Crippen LogP contribution in [-0.4, -0.2) is 37.9 Å². The molecule has 1 N–H and O–H groups in total. The maximum absolute atomic E-state index is 9.46. The Labute approximate surface area is 43.1 Å². The molecule has 2 nitrogen and oxygen atoms in total. The third-order valence-corrected chi connectivity index (χ3v) is 3.33. The van der Waals surface area contributed by atoms with Crippen molar-refractivity contribution in [3.8, 4) is 0 Å². The molecular weight excluding hydrogens is 146 g/mol. The molecule has 0 aromatic carbocycles. The number of rotatable bonds is 1. The van der Waals surface area contributed by atoms with E-state index in [1.165, 1.54) is 0 Å². The van der Waals surface area contributed by atoms with Crippen LogP contribution in [0.25, 0.3) is 0 Å². The zero-order chi connectivity index (χ0) is 4.28. The summed E-state index contributed by atoms with van der Waals surface area (Å²) in [5, 5.41) is 7.81. The Hall–Kier alpha value is 0.561. The topological polar surface area (TPSA) is 37.3 Å². The van der Waals surface area contributed by atoms with Crippen LogP contribution in [0.5, 0.6) is 0 Å². The number of hydrogen-bond donors (Lipinski definition) is 1. The molecule has 4 heteroatoms. The van der Waals surface area contributed by atoms with E-state index < -0.39 is 18.6 Å². The molecule has 0 aliphatic rings. The third-order valence-electron chi connectivity index (χ3n) is 0.214. The fourth-order valence-electron chi connectivity index (χ4n) is 0. The van der Waals surface area contributed by atoms with Crippen LogP contribution in [0.3, 0.4) is 0 Å². The second-order valence-corrected chi connectivity index (χ2v) is 5.10. The molecular formula is CH4AlAsO2. The summed E-state index contributed by atoms with van der Waals surface area (Å²) >= 11 is 0.399. The average Bonchev–Trinajstić information content (AvgIpc) is 1.38. The first-order chi connectivity index (χ1) is 2.27. The van der Waals surface area contributed by atoms with Gasteiger partial charge < -0.3 is 0 Å². The normalized spacial score (nSPS) is 9.60. The molecule has 1 unspecified atom stereocenters. The van der Waals surface area contributed by atoms with Gasteiger partial charge in [0.05, 0.1) is 0 Å². The fraction of sp³-hybridized carbons (Fsp3) is 0. The van der Waals surface area contributed by atoms with E-state index >= 15 is 0 Å². The van der Waals surface area contributed by atoms with E-state index in [0.717, 1.165) is 14.3 Å². The summed E-state index contributed by atoms with van der Waals surface area (Å²) in [5.74, 6) is 0. The van der Waals surface area contributed by atoms with Crippen LogP contribution in [0.4, 0.5) is 4.79 Å². The fourth-order valence-corrected chi connectivity index (χ4v) is 0. The van der Waals surface area contributed by atoms with E-state index in [1.54, 1.807) is 0 Å². The van der Waals surface area contributed by atoms with Gasteiger partial charge in [0, 0.05) is 0 Å². The Morgan fingerprint density at radius 2 is 2.20 bits per heavy atom. The molecule has 0 aliphatic heterocycles. The average molecular weight is 150 g/mol. The van der Waals surface area contributed by atoms with Crippen LogP contribution in [0.1, 0.15) is 0 Å². The van der Waals surface area contributed by atoms with Crippen molar-refractivity contribution in [3.63, 3.8) is 0 Å². The molecule has 0 aliphatic carbocycles. The standard InChI is InChI=1S/CH2AsO2.Al.2H/c2-1(3)4;;;/h2H,(H,3,4);;;/q-1;+1;;. The maximum atomic E-state index is 9.46. The zero-order valence-electron chi connectivity index (χ0n) is 2.86. The first kappa shape index (κ1) is 5.56. The first-order valence-corrected chi connectivity index (χ1v) is 9.52. The molecule has 0 saturated carbocycles. The SMILES string of the molecule is O=C(O)[AsH][AlH2].